The third kappa shape index (κ3) is 2.05. The first kappa shape index (κ1) is 16.8. The molecule has 2 fully saturated rings. The van der Waals surface area contributed by atoms with Gasteiger partial charge in [-0.1, -0.05) is 38.0 Å². The minimum atomic E-state index is -1.03. The quantitative estimate of drug-likeness (QED) is 0.668. The van der Waals surface area contributed by atoms with Crippen LogP contribution in [-0.2, 0) is 4.79 Å². The molecule has 25 heavy (non-hydrogen) atoms. The average molecular weight is 338 g/mol. The lowest BCUT2D eigenvalue weighted by molar-refractivity contribution is -0.129. The van der Waals surface area contributed by atoms with E-state index < -0.39 is 17.1 Å². The lowest BCUT2D eigenvalue weighted by Gasteiger charge is -2.57. The van der Waals surface area contributed by atoms with E-state index in [0.29, 0.717) is 12.8 Å². The van der Waals surface area contributed by atoms with E-state index in [-0.39, 0.29) is 29.0 Å². The molecule has 3 heteroatoms. The largest absolute Gasteiger partial charge is 0.393 e. The van der Waals surface area contributed by atoms with E-state index >= 15 is 0 Å². The van der Waals surface area contributed by atoms with E-state index in [2.05, 4.69) is 37.8 Å². The van der Waals surface area contributed by atoms with Crippen LogP contribution in [0.4, 0.5) is 0 Å². The molecule has 0 radical (unpaired) electrons. The second-order valence-corrected chi connectivity index (χ2v) is 8.65. The molecule has 4 aliphatic rings. The lowest BCUT2D eigenvalue weighted by atomic mass is 9.48. The van der Waals surface area contributed by atoms with Gasteiger partial charge in [0.25, 0.3) is 0 Å². The fourth-order valence-corrected chi connectivity index (χ4v) is 6.20. The maximum Gasteiger partial charge on any atom is 0.178 e. The van der Waals surface area contributed by atoms with Crippen LogP contribution in [0.2, 0.25) is 0 Å². The van der Waals surface area contributed by atoms with Crippen molar-refractivity contribution in [1.82, 2.24) is 0 Å². The standard InChI is InChI=1S/C22H26O3/c1-4-9-22(25)11-8-17-16-6-5-14-12-15(23)7-10-20(14,2)19(16)18(24)13-21(17,22)3/h5-7,10,12,16-19,24-25H,8,11,13H2,1-3H3/t16-,17-,18-,19?,20-,21-,22-/m0/s1. The van der Waals surface area contributed by atoms with Crippen molar-refractivity contribution < 1.29 is 15.0 Å². The Morgan fingerprint density at radius 3 is 2.76 bits per heavy atom. The summed E-state index contributed by atoms with van der Waals surface area (Å²) in [4.78, 5) is 11.8. The summed E-state index contributed by atoms with van der Waals surface area (Å²) in [6.07, 6.45) is 11.1. The summed E-state index contributed by atoms with van der Waals surface area (Å²) in [7, 11) is 0. The van der Waals surface area contributed by atoms with E-state index in [4.69, 9.17) is 0 Å². The Bertz CT molecular complexity index is 779. The smallest absolute Gasteiger partial charge is 0.178 e. The highest BCUT2D eigenvalue weighted by Gasteiger charge is 2.65. The number of fused-ring (bicyclic) bond motifs is 5. The van der Waals surface area contributed by atoms with Crippen molar-refractivity contribution in [2.24, 2.45) is 28.6 Å². The summed E-state index contributed by atoms with van der Waals surface area (Å²) in [5.41, 5.74) is -0.773. The number of hydrogen-bond acceptors (Lipinski definition) is 3. The molecule has 1 unspecified atom stereocenters. The van der Waals surface area contributed by atoms with Crippen molar-refractivity contribution in [1.29, 1.82) is 0 Å². The molecule has 0 heterocycles. The predicted molar refractivity (Wildman–Crippen MR) is 96.3 cm³/mol. The number of allylic oxidation sites excluding steroid dienone is 6. The Labute approximate surface area is 149 Å². The van der Waals surface area contributed by atoms with Crippen molar-refractivity contribution >= 4 is 5.78 Å². The van der Waals surface area contributed by atoms with Gasteiger partial charge in [-0.3, -0.25) is 4.79 Å². The summed E-state index contributed by atoms with van der Waals surface area (Å²) >= 11 is 0. The van der Waals surface area contributed by atoms with Gasteiger partial charge in [-0.2, -0.15) is 0 Å². The zero-order chi connectivity index (χ0) is 18.0. The first-order valence-electron chi connectivity index (χ1n) is 9.23. The van der Waals surface area contributed by atoms with Crippen LogP contribution in [-0.4, -0.2) is 27.7 Å². The van der Waals surface area contributed by atoms with Crippen molar-refractivity contribution in [2.45, 2.75) is 51.7 Å². The number of ketones is 1. The summed E-state index contributed by atoms with van der Waals surface area (Å²) in [6.45, 7) is 5.98. The minimum Gasteiger partial charge on any atom is -0.393 e. The van der Waals surface area contributed by atoms with Crippen molar-refractivity contribution in [3.8, 4) is 11.8 Å². The summed E-state index contributed by atoms with van der Waals surface area (Å²) in [5.74, 6) is 6.45. The van der Waals surface area contributed by atoms with E-state index in [1.54, 1.807) is 19.1 Å². The van der Waals surface area contributed by atoms with Gasteiger partial charge in [0, 0.05) is 16.7 Å². The summed E-state index contributed by atoms with van der Waals surface area (Å²) < 4.78 is 0. The second-order valence-electron chi connectivity index (χ2n) is 8.65. The van der Waals surface area contributed by atoms with Crippen LogP contribution in [0, 0.1) is 40.4 Å². The maximum absolute atomic E-state index is 11.8. The van der Waals surface area contributed by atoms with Crippen LogP contribution < -0.4 is 0 Å². The van der Waals surface area contributed by atoms with Crippen molar-refractivity contribution in [3.63, 3.8) is 0 Å². The highest BCUT2D eigenvalue weighted by atomic mass is 16.3. The number of carbonyl (C=O) groups is 1. The second kappa shape index (κ2) is 5.19. The maximum atomic E-state index is 11.8. The number of carbonyl (C=O) groups excluding carboxylic acids is 1. The van der Waals surface area contributed by atoms with Crippen molar-refractivity contribution in [2.75, 3.05) is 0 Å². The topological polar surface area (TPSA) is 57.5 Å². The van der Waals surface area contributed by atoms with Crippen LogP contribution in [0.15, 0.2) is 36.0 Å². The average Bonchev–Trinajstić information content (AvgIpc) is 2.79. The SMILES string of the molecule is CC#C[C@]1(O)CC[C@H]2[C@@H]3C=CC4=CC(=O)C=C[C@]4(C)C3[C@@H](O)C[C@@]21C. The zero-order valence-corrected chi connectivity index (χ0v) is 15.1. The van der Waals surface area contributed by atoms with E-state index in [1.165, 1.54) is 0 Å². The lowest BCUT2D eigenvalue weighted by Crippen LogP contribution is -2.58. The third-order valence-electron chi connectivity index (χ3n) is 7.54. The molecule has 0 spiro atoms. The van der Waals surface area contributed by atoms with Gasteiger partial charge in [0.15, 0.2) is 5.78 Å². The fraction of sp³-hybridized carbons (Fsp3) is 0.591. The van der Waals surface area contributed by atoms with E-state index in [9.17, 15) is 15.0 Å². The predicted octanol–water partition coefficient (Wildman–Crippen LogP) is 2.80. The molecule has 0 aromatic carbocycles. The van der Waals surface area contributed by atoms with Crippen molar-refractivity contribution in [3.05, 3.63) is 36.0 Å². The van der Waals surface area contributed by atoms with Crippen LogP contribution in [0.25, 0.3) is 0 Å². The molecule has 3 nitrogen and oxygen atoms in total. The Morgan fingerprint density at radius 1 is 1.28 bits per heavy atom. The summed E-state index contributed by atoms with van der Waals surface area (Å²) in [6, 6.07) is 0. The van der Waals surface area contributed by atoms with Gasteiger partial charge in [0.1, 0.15) is 5.60 Å². The van der Waals surface area contributed by atoms with Gasteiger partial charge in [-0.25, -0.2) is 0 Å². The molecule has 0 aliphatic heterocycles. The normalized spacial score (nSPS) is 50.3. The monoisotopic (exact) mass is 338 g/mol. The molecule has 0 aromatic heterocycles. The van der Waals surface area contributed by atoms with Crippen LogP contribution in [0.1, 0.15) is 40.0 Å². The molecule has 0 saturated heterocycles. The molecule has 2 N–H and O–H groups in total. The number of aliphatic hydroxyl groups is 2. The fourth-order valence-electron chi connectivity index (χ4n) is 6.20. The Kier molecular flexibility index (Phi) is 3.49. The Balaban J connectivity index is 1.81. The Hall–Kier alpha value is -1.63. The first-order chi connectivity index (χ1) is 11.7. The van der Waals surface area contributed by atoms with Gasteiger partial charge in [-0.15, -0.1) is 5.92 Å². The van der Waals surface area contributed by atoms with Gasteiger partial charge < -0.3 is 10.2 Å². The van der Waals surface area contributed by atoms with Gasteiger partial charge in [0.2, 0.25) is 0 Å². The first-order valence-corrected chi connectivity index (χ1v) is 9.23. The highest BCUT2D eigenvalue weighted by Crippen LogP contribution is 2.65. The molecule has 0 aromatic rings. The molecule has 2 saturated carbocycles. The molecule has 132 valence electrons. The minimum absolute atomic E-state index is 0.0131. The summed E-state index contributed by atoms with van der Waals surface area (Å²) in [5, 5.41) is 22.4. The zero-order valence-electron chi connectivity index (χ0n) is 15.1. The molecule has 0 bridgehead atoms. The molecule has 7 atom stereocenters. The van der Waals surface area contributed by atoms with E-state index in [1.807, 2.05) is 6.08 Å². The third-order valence-corrected chi connectivity index (χ3v) is 7.54. The molecular formula is C22H26O3. The molecular weight excluding hydrogens is 312 g/mol. The van der Waals surface area contributed by atoms with Gasteiger partial charge in [-0.05, 0) is 55.7 Å². The van der Waals surface area contributed by atoms with Crippen LogP contribution >= 0.6 is 0 Å². The van der Waals surface area contributed by atoms with Crippen LogP contribution in [0.5, 0.6) is 0 Å². The van der Waals surface area contributed by atoms with Crippen LogP contribution in [0.3, 0.4) is 0 Å². The van der Waals surface area contributed by atoms with E-state index in [0.717, 1.165) is 12.0 Å². The number of hydrogen-bond donors (Lipinski definition) is 2. The van der Waals surface area contributed by atoms with Gasteiger partial charge >= 0.3 is 0 Å². The van der Waals surface area contributed by atoms with Gasteiger partial charge in [0.05, 0.1) is 6.10 Å². The Morgan fingerprint density at radius 2 is 2.04 bits per heavy atom. The molecule has 4 rings (SSSR count). The number of aliphatic hydroxyl groups excluding tert-OH is 1. The number of rotatable bonds is 0. The highest BCUT2D eigenvalue weighted by molar-refractivity contribution is 6.01. The molecule has 0 amide bonds. The molecule has 4 aliphatic carbocycles.